The smallest absolute Gasteiger partial charge is 0.221 e. The molecule has 2 N–H and O–H groups in total. The van der Waals surface area contributed by atoms with Gasteiger partial charge in [0.2, 0.25) is 15.7 Å². The van der Waals surface area contributed by atoms with Crippen LogP contribution >= 0.6 is 12.6 Å². The highest BCUT2D eigenvalue weighted by atomic mass is 32.2. The van der Waals surface area contributed by atoms with Crippen LogP contribution in [0.1, 0.15) is 24.4 Å². The van der Waals surface area contributed by atoms with E-state index in [9.17, 15) is 13.2 Å². The Morgan fingerprint density at radius 1 is 1.35 bits per heavy atom. The van der Waals surface area contributed by atoms with Crippen molar-refractivity contribution in [3.8, 4) is 0 Å². The lowest BCUT2D eigenvalue weighted by Crippen LogP contribution is -2.35. The van der Waals surface area contributed by atoms with E-state index in [0.717, 1.165) is 0 Å². The van der Waals surface area contributed by atoms with Gasteiger partial charge < -0.3 is 10.3 Å². The molecule has 0 spiro atoms. The number of imidazole rings is 1. The molecule has 0 fully saturated rings. The van der Waals surface area contributed by atoms with Crippen LogP contribution in [-0.4, -0.2) is 35.4 Å². The van der Waals surface area contributed by atoms with Crippen LogP contribution in [0.25, 0.3) is 0 Å². The molecule has 1 aliphatic rings. The fourth-order valence-electron chi connectivity index (χ4n) is 2.75. The van der Waals surface area contributed by atoms with E-state index in [1.807, 2.05) is 0 Å². The van der Waals surface area contributed by atoms with Gasteiger partial charge in [0, 0.05) is 37.6 Å². The summed E-state index contributed by atoms with van der Waals surface area (Å²) >= 11 is 4.50. The summed E-state index contributed by atoms with van der Waals surface area (Å²) in [5.74, 6) is 0.358. The number of anilines is 1. The van der Waals surface area contributed by atoms with Crippen molar-refractivity contribution in [2.75, 3.05) is 5.32 Å². The molecule has 0 bridgehead atoms. The van der Waals surface area contributed by atoms with Crippen molar-refractivity contribution in [3.05, 3.63) is 54.6 Å². The Bertz CT molecular complexity index is 936. The summed E-state index contributed by atoms with van der Waals surface area (Å²) in [6, 6.07) is 6.03. The number of allylic oxidation sites excluding steroid dienone is 1. The number of nitrogens with zero attached hydrogens (tertiary/aromatic N) is 2. The van der Waals surface area contributed by atoms with Gasteiger partial charge >= 0.3 is 0 Å². The number of aromatic nitrogens is 2. The molecule has 2 heterocycles. The molecular formula is C17H18N4O3S2. The standard InChI is InChI=1S/C17H18N4O3S2/c1-12(22)21-13-3-5-14(6-4-13)26(23,24)17(7-2-8-20-17)11-15(25)16-18-9-10-19-16/h2-10,15,25H,11H2,1H3,(H,18,19)(H,21,22). The lowest BCUT2D eigenvalue weighted by atomic mass is 10.1. The number of hydrogen-bond acceptors (Lipinski definition) is 6. The van der Waals surface area contributed by atoms with Crippen molar-refractivity contribution in [2.45, 2.75) is 28.4 Å². The Morgan fingerprint density at radius 2 is 2.08 bits per heavy atom. The minimum atomic E-state index is -3.82. The van der Waals surface area contributed by atoms with Crippen LogP contribution in [0, 0.1) is 0 Å². The van der Waals surface area contributed by atoms with E-state index < -0.39 is 20.0 Å². The van der Waals surface area contributed by atoms with E-state index in [1.54, 1.807) is 36.7 Å². The second-order valence-electron chi connectivity index (χ2n) is 5.89. The lowest BCUT2D eigenvalue weighted by Gasteiger charge is -2.26. The van der Waals surface area contributed by atoms with Crippen LogP contribution in [0.3, 0.4) is 0 Å². The van der Waals surface area contributed by atoms with Crippen molar-refractivity contribution in [1.82, 2.24) is 9.97 Å². The van der Waals surface area contributed by atoms with E-state index in [4.69, 9.17) is 0 Å². The maximum absolute atomic E-state index is 13.3. The van der Waals surface area contributed by atoms with Crippen molar-refractivity contribution >= 4 is 40.3 Å². The minimum absolute atomic E-state index is 0.121. The van der Waals surface area contributed by atoms with E-state index in [2.05, 4.69) is 32.9 Å². The number of rotatable bonds is 6. The quantitative estimate of drug-likeness (QED) is 0.659. The second-order valence-corrected chi connectivity index (χ2v) is 8.69. The number of benzene rings is 1. The zero-order valence-electron chi connectivity index (χ0n) is 14.0. The van der Waals surface area contributed by atoms with E-state index in [-0.39, 0.29) is 17.2 Å². The first-order valence-electron chi connectivity index (χ1n) is 7.87. The van der Waals surface area contributed by atoms with E-state index in [1.165, 1.54) is 25.3 Å². The SMILES string of the molecule is CC(=O)Nc1ccc(S(=O)(=O)C2(CC(S)c3ncc[nH]3)C=CC=N2)cc1. The number of carbonyl (C=O) groups is 1. The van der Waals surface area contributed by atoms with Gasteiger partial charge in [-0.15, -0.1) is 0 Å². The van der Waals surface area contributed by atoms with Gasteiger partial charge in [-0.05, 0) is 36.4 Å². The summed E-state index contributed by atoms with van der Waals surface area (Å²) in [7, 11) is -3.82. The number of amides is 1. The van der Waals surface area contributed by atoms with Gasteiger partial charge in [0.1, 0.15) is 5.82 Å². The molecule has 2 aromatic rings. The number of nitrogens with one attached hydrogen (secondary N) is 2. The third kappa shape index (κ3) is 3.45. The fourth-order valence-corrected chi connectivity index (χ4v) is 5.04. The average Bonchev–Trinajstić information content (AvgIpc) is 3.27. The molecule has 0 aliphatic carbocycles. The lowest BCUT2D eigenvalue weighted by molar-refractivity contribution is -0.114. The van der Waals surface area contributed by atoms with E-state index in [0.29, 0.717) is 11.5 Å². The average molecular weight is 390 g/mol. The van der Waals surface area contributed by atoms with Gasteiger partial charge in [-0.3, -0.25) is 9.79 Å². The predicted molar refractivity (Wildman–Crippen MR) is 103 cm³/mol. The number of H-pyrrole nitrogens is 1. The third-order valence-electron chi connectivity index (χ3n) is 4.01. The van der Waals surface area contributed by atoms with Gasteiger partial charge in [0.15, 0.2) is 4.87 Å². The van der Waals surface area contributed by atoms with Gasteiger partial charge in [-0.1, -0.05) is 0 Å². The van der Waals surface area contributed by atoms with Crippen LogP contribution in [0.4, 0.5) is 5.69 Å². The minimum Gasteiger partial charge on any atom is -0.348 e. The second kappa shape index (κ2) is 7.08. The Labute approximate surface area is 157 Å². The van der Waals surface area contributed by atoms with Crippen LogP contribution in [-0.2, 0) is 14.6 Å². The van der Waals surface area contributed by atoms with Gasteiger partial charge in [0.25, 0.3) is 0 Å². The summed E-state index contributed by atoms with van der Waals surface area (Å²) in [6.45, 7) is 1.39. The number of aliphatic imine (C=N–C) groups is 1. The largest absolute Gasteiger partial charge is 0.348 e. The molecular weight excluding hydrogens is 372 g/mol. The first kappa shape index (κ1) is 18.4. The maximum atomic E-state index is 13.3. The van der Waals surface area contributed by atoms with Crippen LogP contribution in [0.5, 0.6) is 0 Å². The predicted octanol–water partition coefficient (Wildman–Crippen LogP) is 2.54. The van der Waals surface area contributed by atoms with Crippen LogP contribution in [0.15, 0.2) is 58.7 Å². The monoisotopic (exact) mass is 390 g/mol. The highest BCUT2D eigenvalue weighted by Gasteiger charge is 2.45. The Kier molecular flexibility index (Phi) is 5.01. The van der Waals surface area contributed by atoms with E-state index >= 15 is 0 Å². The number of hydrogen-bond donors (Lipinski definition) is 3. The van der Waals surface area contributed by atoms with Crippen LogP contribution < -0.4 is 5.32 Å². The molecule has 1 amide bonds. The van der Waals surface area contributed by atoms with Crippen molar-refractivity contribution < 1.29 is 13.2 Å². The molecule has 2 atom stereocenters. The molecule has 26 heavy (non-hydrogen) atoms. The molecule has 3 rings (SSSR count). The molecule has 1 aromatic heterocycles. The first-order chi connectivity index (χ1) is 12.3. The highest BCUT2D eigenvalue weighted by Crippen LogP contribution is 2.40. The molecule has 1 aromatic carbocycles. The van der Waals surface area contributed by atoms with Crippen LogP contribution in [0.2, 0.25) is 0 Å². The molecule has 0 saturated heterocycles. The maximum Gasteiger partial charge on any atom is 0.221 e. The van der Waals surface area contributed by atoms with Gasteiger partial charge in [-0.2, -0.15) is 12.6 Å². The van der Waals surface area contributed by atoms with Crippen molar-refractivity contribution in [3.63, 3.8) is 0 Å². The third-order valence-corrected chi connectivity index (χ3v) is 6.67. The summed E-state index contributed by atoms with van der Waals surface area (Å²) in [4.78, 5) is 21.1. The summed E-state index contributed by atoms with van der Waals surface area (Å²) in [5, 5.41) is 2.18. The normalized spacial score (nSPS) is 20.2. The number of sulfone groups is 1. The molecule has 0 radical (unpaired) electrons. The molecule has 2 unspecified atom stereocenters. The summed E-state index contributed by atoms with van der Waals surface area (Å²) < 4.78 is 26.6. The summed E-state index contributed by atoms with van der Waals surface area (Å²) in [6.07, 6.45) is 8.04. The number of thiol groups is 1. The van der Waals surface area contributed by atoms with Crippen molar-refractivity contribution in [1.29, 1.82) is 0 Å². The molecule has 0 saturated carbocycles. The Morgan fingerprint density at radius 3 is 2.62 bits per heavy atom. The first-order valence-corrected chi connectivity index (χ1v) is 9.87. The Hall–Kier alpha value is -2.39. The molecule has 9 heteroatoms. The molecule has 1 aliphatic heterocycles. The fraction of sp³-hybridized carbons (Fsp3) is 0.235. The van der Waals surface area contributed by atoms with Crippen molar-refractivity contribution in [2.24, 2.45) is 4.99 Å². The topological polar surface area (TPSA) is 104 Å². The summed E-state index contributed by atoms with van der Waals surface area (Å²) in [5.41, 5.74) is 0.527. The molecule has 7 nitrogen and oxygen atoms in total. The highest BCUT2D eigenvalue weighted by molar-refractivity contribution is 7.93. The zero-order valence-corrected chi connectivity index (χ0v) is 15.7. The van der Waals surface area contributed by atoms with Gasteiger partial charge in [-0.25, -0.2) is 13.4 Å². The Balaban J connectivity index is 1.92. The molecule has 136 valence electrons. The number of carbonyl (C=O) groups excluding carboxylic acids is 1. The van der Waals surface area contributed by atoms with Gasteiger partial charge in [0.05, 0.1) is 10.1 Å². The zero-order chi connectivity index (χ0) is 18.8. The number of aromatic amines is 1.